The van der Waals surface area contributed by atoms with Crippen LogP contribution in [0.3, 0.4) is 0 Å². The molecule has 0 aliphatic rings. The molecule has 0 saturated carbocycles. The van der Waals surface area contributed by atoms with Gasteiger partial charge >= 0.3 is 0 Å². The van der Waals surface area contributed by atoms with Crippen LogP contribution in [-0.4, -0.2) is 0 Å². The Labute approximate surface area is 542 Å². The number of hydrogen-bond acceptors (Lipinski definition) is 6. The van der Waals surface area contributed by atoms with E-state index in [4.69, 9.17) is 0 Å². The van der Waals surface area contributed by atoms with E-state index in [-0.39, 0.29) is 0 Å². The van der Waals surface area contributed by atoms with Gasteiger partial charge in [-0.2, -0.15) is 0 Å². The molecule has 0 N–H and O–H groups in total. The molecule has 0 atom stereocenters. The van der Waals surface area contributed by atoms with Gasteiger partial charge in [-0.1, -0.05) is 242 Å². The van der Waals surface area contributed by atoms with Gasteiger partial charge in [0.15, 0.2) is 0 Å². The molecule has 0 amide bonds. The van der Waals surface area contributed by atoms with Crippen LogP contribution in [-0.2, 0) is 0 Å². The fourth-order valence-electron chi connectivity index (χ4n) is 12.7. The molecule has 438 valence electrons. The van der Waals surface area contributed by atoms with Crippen LogP contribution in [0.4, 0.5) is 85.3 Å². The van der Waals surface area contributed by atoms with Crippen molar-refractivity contribution in [2.24, 2.45) is 0 Å². The van der Waals surface area contributed by atoms with Crippen LogP contribution in [0.1, 0.15) is 0 Å². The van der Waals surface area contributed by atoms with Crippen LogP contribution in [0, 0.1) is 0 Å². The molecule has 0 heterocycles. The summed E-state index contributed by atoms with van der Waals surface area (Å²) in [5.74, 6) is 0. The maximum absolute atomic E-state index is 2.53. The summed E-state index contributed by atoms with van der Waals surface area (Å²) in [4.78, 5) is 14.2. The van der Waals surface area contributed by atoms with Gasteiger partial charge < -0.3 is 24.5 Å². The van der Waals surface area contributed by atoms with Crippen molar-refractivity contribution < 1.29 is 0 Å². The van der Waals surface area contributed by atoms with Gasteiger partial charge in [0.1, 0.15) is 0 Å². The van der Waals surface area contributed by atoms with Crippen molar-refractivity contribution in [1.82, 2.24) is 0 Å². The van der Waals surface area contributed by atoms with Crippen molar-refractivity contribution >= 4 is 119 Å². The molecule has 0 saturated heterocycles. The van der Waals surface area contributed by atoms with Crippen molar-refractivity contribution in [2.75, 3.05) is 24.5 Å². The van der Waals surface area contributed by atoms with Crippen molar-refractivity contribution in [3.63, 3.8) is 0 Å². The predicted octanol–water partition coefficient (Wildman–Crippen LogP) is 25.2. The highest BCUT2D eigenvalue weighted by Crippen LogP contribution is 2.52. The number of rotatable bonds is 18. The zero-order valence-electron chi connectivity index (χ0n) is 50.5. The first-order valence-corrected chi connectivity index (χ1v) is 32.0. The first kappa shape index (κ1) is 56.7. The Bertz CT molecular complexity index is 4530. The zero-order chi connectivity index (χ0) is 61.4. The number of para-hydroxylation sites is 8. The summed E-state index contributed by atoms with van der Waals surface area (Å²) in [5.41, 5.74) is 17.9. The normalized spacial score (nSPS) is 11.1. The lowest BCUT2D eigenvalue weighted by atomic mass is 9.90. The third-order valence-corrected chi connectivity index (χ3v) is 17.6. The smallest absolute Gasteiger partial charge is 0.0618 e. The van der Waals surface area contributed by atoms with E-state index in [2.05, 4.69) is 407 Å². The molecule has 0 spiro atoms. The van der Waals surface area contributed by atoms with E-state index < -0.39 is 0 Å². The second-order valence-corrected chi connectivity index (χ2v) is 23.7. The summed E-state index contributed by atoms with van der Waals surface area (Å²) >= 11 is 1.77. The minimum absolute atomic E-state index is 0.975. The van der Waals surface area contributed by atoms with E-state index in [1.807, 2.05) is 0 Å². The molecule has 0 bridgehead atoms. The number of hydrogen-bond donors (Lipinski definition) is 0. The van der Waals surface area contributed by atoms with Gasteiger partial charge in [0.05, 0.1) is 22.7 Å². The molecule has 0 unspecified atom stereocenters. The van der Waals surface area contributed by atoms with Crippen molar-refractivity contribution in [1.29, 1.82) is 0 Å². The van der Waals surface area contributed by atoms with E-state index in [0.717, 1.165) is 117 Å². The maximum Gasteiger partial charge on any atom is 0.0618 e. The molecule has 0 aromatic heterocycles. The third-order valence-electron chi connectivity index (χ3n) is 16.7. The van der Waals surface area contributed by atoms with Crippen LogP contribution in [0.2, 0.25) is 0 Å². The second-order valence-electron chi connectivity index (χ2n) is 22.5. The molecule has 15 aromatic rings. The molecule has 0 fully saturated rings. The third kappa shape index (κ3) is 11.6. The molecular weight excluding hydrogens is 1140 g/mol. The first-order chi connectivity index (χ1) is 45.7. The number of anilines is 15. The number of nitrogens with zero attached hydrogens (tertiary/aromatic N) is 5. The summed E-state index contributed by atoms with van der Waals surface area (Å²) < 4.78 is 0. The average molecular weight is 1200 g/mol. The van der Waals surface area contributed by atoms with E-state index in [0.29, 0.717) is 0 Å². The lowest BCUT2D eigenvalue weighted by Gasteiger charge is -2.34. The fourth-order valence-corrected chi connectivity index (χ4v) is 13.7. The molecule has 0 aliphatic heterocycles. The van der Waals surface area contributed by atoms with Gasteiger partial charge in [0.25, 0.3) is 0 Å². The lowest BCUT2D eigenvalue weighted by molar-refractivity contribution is 1.22. The minimum atomic E-state index is 0.975. The van der Waals surface area contributed by atoms with Crippen LogP contribution in [0.25, 0.3) is 32.7 Å². The summed E-state index contributed by atoms with van der Waals surface area (Å²) in [6.07, 6.45) is 0. The Hall–Kier alpha value is -11.8. The molecule has 0 radical (unpaired) electrons. The van der Waals surface area contributed by atoms with Gasteiger partial charge in [0, 0.05) is 83.1 Å². The fraction of sp³-hybridized carbons (Fsp3) is 0. The van der Waals surface area contributed by atoms with E-state index >= 15 is 0 Å². The van der Waals surface area contributed by atoms with Crippen LogP contribution < -0.4 is 24.5 Å². The SMILES string of the molecule is c1ccc(-c2c3ccccc3c(N(c3cccc(Sc4cc(N(c5ccccc5)c5ccccc5)cc(N(c5ccccc5)c5ccccc5)c4)c3)c3cc(N(c4ccccc4)c4ccccc4)cc(N(c4ccccc4)c4ccccc4)c3)c3ccccc23)cc1. The summed E-state index contributed by atoms with van der Waals surface area (Å²) in [6, 6.07) is 138. The monoisotopic (exact) mass is 1200 g/mol. The molecule has 15 aromatic carbocycles. The van der Waals surface area contributed by atoms with Crippen molar-refractivity contribution in [3.05, 3.63) is 382 Å². The summed E-state index contributed by atoms with van der Waals surface area (Å²) in [5, 5.41) is 4.58. The minimum Gasteiger partial charge on any atom is -0.310 e. The standard InChI is InChI=1S/C86H63N5S/c1-10-33-64(34-11-1)85-81-53-28-30-55-83(81)86(84-56-31-29-54-82(84)85)91(76-58-74(87(65-35-12-2-13-36-65)66-37-14-3-15-38-66)57-75(59-76)88(67-39-16-4-17-40-67)68-41-18-5-19-42-68)73-51-32-52-79(61-73)92-80-62-77(89(69-43-20-6-21-44-69)70-45-22-7-23-46-70)60-78(63-80)90(71-47-24-8-25-48-71)72-49-26-9-27-50-72/h1-63H. The molecular formula is C86H63N5S. The van der Waals surface area contributed by atoms with Gasteiger partial charge in [-0.25, -0.2) is 0 Å². The highest BCUT2D eigenvalue weighted by atomic mass is 32.2. The Morgan fingerprint density at radius 2 is 0.402 bits per heavy atom. The van der Waals surface area contributed by atoms with Crippen molar-refractivity contribution in [3.8, 4) is 11.1 Å². The highest BCUT2D eigenvalue weighted by Gasteiger charge is 2.27. The van der Waals surface area contributed by atoms with Gasteiger partial charge in [-0.05, 0) is 174 Å². The number of fused-ring (bicyclic) bond motifs is 2. The van der Waals surface area contributed by atoms with E-state index in [1.54, 1.807) is 11.8 Å². The Morgan fingerprint density at radius 1 is 0.163 bits per heavy atom. The van der Waals surface area contributed by atoms with Crippen molar-refractivity contribution in [2.45, 2.75) is 9.79 Å². The van der Waals surface area contributed by atoms with Crippen LogP contribution in [0.5, 0.6) is 0 Å². The molecule has 6 heteroatoms. The Kier molecular flexibility index (Phi) is 16.1. The highest BCUT2D eigenvalue weighted by molar-refractivity contribution is 7.99. The topological polar surface area (TPSA) is 16.2 Å². The predicted molar refractivity (Wildman–Crippen MR) is 391 cm³/mol. The van der Waals surface area contributed by atoms with Crippen LogP contribution in [0.15, 0.2) is 392 Å². The summed E-state index contributed by atoms with van der Waals surface area (Å²) in [6.45, 7) is 0. The Morgan fingerprint density at radius 3 is 0.717 bits per heavy atom. The average Bonchev–Trinajstić information content (AvgIpc) is 0.766. The quantitative estimate of drug-likeness (QED) is 0.0790. The maximum atomic E-state index is 2.53. The van der Waals surface area contributed by atoms with Gasteiger partial charge in [0.2, 0.25) is 0 Å². The van der Waals surface area contributed by atoms with E-state index in [9.17, 15) is 0 Å². The number of benzene rings is 15. The largest absolute Gasteiger partial charge is 0.310 e. The van der Waals surface area contributed by atoms with E-state index in [1.165, 1.54) is 11.1 Å². The lowest BCUT2D eigenvalue weighted by Crippen LogP contribution is -2.17. The molecule has 92 heavy (non-hydrogen) atoms. The van der Waals surface area contributed by atoms with Gasteiger partial charge in [-0.3, -0.25) is 0 Å². The van der Waals surface area contributed by atoms with Gasteiger partial charge in [-0.15, -0.1) is 0 Å². The molecule has 0 aliphatic carbocycles. The molecule has 15 rings (SSSR count). The summed E-state index contributed by atoms with van der Waals surface area (Å²) in [7, 11) is 0. The second kappa shape index (κ2) is 26.1. The first-order valence-electron chi connectivity index (χ1n) is 31.1. The van der Waals surface area contributed by atoms with Crippen LogP contribution >= 0.6 is 11.8 Å². The zero-order valence-corrected chi connectivity index (χ0v) is 51.3. The Balaban J connectivity index is 0.995. The molecule has 5 nitrogen and oxygen atoms in total.